The molecule has 2 amide bonds. The maximum absolute atomic E-state index is 11.4. The van der Waals surface area contributed by atoms with Crippen LogP contribution in [0.1, 0.15) is 31.2 Å². The van der Waals surface area contributed by atoms with Crippen LogP contribution in [0.25, 0.3) is 0 Å². The van der Waals surface area contributed by atoms with E-state index in [2.05, 4.69) is 10.6 Å². The number of hydrogen-bond acceptors (Lipinski definition) is 4. The number of hydrogen-bond donors (Lipinski definition) is 3. The second-order valence-electron chi connectivity index (χ2n) is 4.55. The number of thiophene rings is 1. The van der Waals surface area contributed by atoms with Crippen LogP contribution in [0, 0.1) is 0 Å². The van der Waals surface area contributed by atoms with E-state index in [0.29, 0.717) is 24.2 Å². The molecule has 110 valence electrons. The highest BCUT2D eigenvalue weighted by Crippen LogP contribution is 2.14. The monoisotopic (exact) mass is 303 g/mol. The van der Waals surface area contributed by atoms with Crippen molar-refractivity contribution in [1.29, 1.82) is 0 Å². The topological polar surface area (TPSA) is 84.2 Å². The Kier molecular flexibility index (Phi) is 5.08. The van der Waals surface area contributed by atoms with E-state index in [4.69, 9.17) is 5.73 Å². The zero-order valence-corrected chi connectivity index (χ0v) is 12.5. The second-order valence-corrected chi connectivity index (χ2v) is 5.54. The summed E-state index contributed by atoms with van der Waals surface area (Å²) in [5, 5.41) is 7.64. The quantitative estimate of drug-likeness (QED) is 0.756. The molecule has 2 rings (SSSR count). The summed E-state index contributed by atoms with van der Waals surface area (Å²) in [6.45, 7) is 1.37. The van der Waals surface area contributed by atoms with Crippen LogP contribution in [0.3, 0.4) is 0 Å². The number of carbonyl (C=O) groups excluding carboxylic acids is 2. The van der Waals surface area contributed by atoms with Gasteiger partial charge in [-0.15, -0.1) is 11.3 Å². The molecule has 0 fully saturated rings. The number of amides is 2. The fourth-order valence-electron chi connectivity index (χ4n) is 1.85. The molecule has 5 nitrogen and oxygen atoms in total. The van der Waals surface area contributed by atoms with Crippen molar-refractivity contribution >= 4 is 23.2 Å². The molecule has 1 heterocycles. The van der Waals surface area contributed by atoms with E-state index in [0.717, 1.165) is 10.4 Å². The Morgan fingerprint density at radius 2 is 1.86 bits per heavy atom. The number of carbonyl (C=O) groups is 2. The Balaban J connectivity index is 1.85. The molecule has 0 spiro atoms. The Bertz CT molecular complexity index is 635. The first-order valence-corrected chi connectivity index (χ1v) is 7.37. The van der Waals surface area contributed by atoms with Crippen LogP contribution < -0.4 is 16.4 Å². The first-order valence-electron chi connectivity index (χ1n) is 6.49. The molecule has 21 heavy (non-hydrogen) atoms. The number of benzene rings is 1. The van der Waals surface area contributed by atoms with Gasteiger partial charge in [0.2, 0.25) is 5.91 Å². The van der Waals surface area contributed by atoms with Gasteiger partial charge in [0.05, 0.1) is 5.56 Å². The minimum atomic E-state index is -0.401. The van der Waals surface area contributed by atoms with E-state index in [1.165, 1.54) is 11.3 Å². The zero-order chi connectivity index (χ0) is 15.2. The number of nitrogens with two attached hydrogens (primary N) is 1. The summed E-state index contributed by atoms with van der Waals surface area (Å²) in [5.41, 5.74) is 7.50. The maximum atomic E-state index is 11.4. The van der Waals surface area contributed by atoms with E-state index in [9.17, 15) is 9.59 Å². The molecule has 0 saturated heterocycles. The predicted octanol–water partition coefficient (Wildman–Crippen LogP) is 1.50. The molecule has 0 saturated carbocycles. The van der Waals surface area contributed by atoms with Crippen molar-refractivity contribution in [2.24, 2.45) is 5.73 Å². The van der Waals surface area contributed by atoms with Crippen LogP contribution in [0.15, 0.2) is 35.7 Å². The summed E-state index contributed by atoms with van der Waals surface area (Å²) >= 11 is 1.51. The van der Waals surface area contributed by atoms with Crippen molar-refractivity contribution in [1.82, 2.24) is 10.6 Å². The van der Waals surface area contributed by atoms with Crippen LogP contribution >= 0.6 is 11.3 Å². The summed E-state index contributed by atoms with van der Waals surface area (Å²) in [6, 6.07) is 9.23. The SMILES string of the molecule is CNC(=O)c1ccc(CNCc2cc(C(N)=O)cs2)cc1. The molecule has 1 aromatic heterocycles. The highest BCUT2D eigenvalue weighted by atomic mass is 32.1. The third-order valence-corrected chi connectivity index (χ3v) is 3.95. The van der Waals surface area contributed by atoms with Crippen molar-refractivity contribution < 1.29 is 9.59 Å². The standard InChI is InChI=1S/C15H17N3O2S/c1-17-15(20)11-4-2-10(3-5-11)7-18-8-13-6-12(9-21-13)14(16)19/h2-6,9,18H,7-8H2,1H3,(H2,16,19)(H,17,20). The van der Waals surface area contributed by atoms with Gasteiger partial charge < -0.3 is 16.4 Å². The van der Waals surface area contributed by atoms with Crippen LogP contribution in [0.2, 0.25) is 0 Å². The van der Waals surface area contributed by atoms with Gasteiger partial charge in [0, 0.05) is 36.0 Å². The van der Waals surface area contributed by atoms with Crippen molar-refractivity contribution in [3.63, 3.8) is 0 Å². The molecule has 4 N–H and O–H groups in total. The lowest BCUT2D eigenvalue weighted by molar-refractivity contribution is 0.0961. The van der Waals surface area contributed by atoms with Crippen LogP contribution in [0.4, 0.5) is 0 Å². The maximum Gasteiger partial charge on any atom is 0.251 e. The minimum Gasteiger partial charge on any atom is -0.366 e. The molecule has 1 aromatic carbocycles. The van der Waals surface area contributed by atoms with Crippen molar-refractivity contribution in [3.05, 3.63) is 57.3 Å². The van der Waals surface area contributed by atoms with E-state index in [-0.39, 0.29) is 5.91 Å². The normalized spacial score (nSPS) is 10.3. The highest BCUT2D eigenvalue weighted by Gasteiger charge is 2.05. The lowest BCUT2D eigenvalue weighted by Gasteiger charge is -2.05. The highest BCUT2D eigenvalue weighted by molar-refractivity contribution is 7.10. The molecule has 0 aliphatic carbocycles. The Morgan fingerprint density at radius 1 is 1.14 bits per heavy atom. The van der Waals surface area contributed by atoms with E-state index < -0.39 is 5.91 Å². The summed E-state index contributed by atoms with van der Waals surface area (Å²) in [6.07, 6.45) is 0. The fourth-order valence-corrected chi connectivity index (χ4v) is 2.69. The summed E-state index contributed by atoms with van der Waals surface area (Å²) in [5.74, 6) is -0.491. The van der Waals surface area contributed by atoms with Gasteiger partial charge in [-0.25, -0.2) is 0 Å². The summed E-state index contributed by atoms with van der Waals surface area (Å²) in [4.78, 5) is 23.5. The summed E-state index contributed by atoms with van der Waals surface area (Å²) < 4.78 is 0. The number of rotatable bonds is 6. The zero-order valence-electron chi connectivity index (χ0n) is 11.7. The van der Waals surface area contributed by atoms with Gasteiger partial charge in [-0.3, -0.25) is 9.59 Å². The molecular formula is C15H17N3O2S. The van der Waals surface area contributed by atoms with Gasteiger partial charge in [0.15, 0.2) is 0 Å². The third kappa shape index (κ3) is 4.14. The Morgan fingerprint density at radius 3 is 2.43 bits per heavy atom. The molecule has 0 bridgehead atoms. The lowest BCUT2D eigenvalue weighted by Crippen LogP contribution is -2.18. The molecule has 0 unspecified atom stereocenters. The molecule has 2 aromatic rings. The van der Waals surface area contributed by atoms with Crippen LogP contribution in [0.5, 0.6) is 0 Å². The average molecular weight is 303 g/mol. The summed E-state index contributed by atoms with van der Waals surface area (Å²) in [7, 11) is 1.61. The number of nitrogens with one attached hydrogen (secondary N) is 2. The van der Waals surface area contributed by atoms with Gasteiger partial charge in [-0.2, -0.15) is 0 Å². The molecule has 0 atom stereocenters. The fraction of sp³-hybridized carbons (Fsp3) is 0.200. The lowest BCUT2D eigenvalue weighted by atomic mass is 10.1. The van der Waals surface area contributed by atoms with Gasteiger partial charge in [-0.05, 0) is 23.8 Å². The minimum absolute atomic E-state index is 0.0907. The second kappa shape index (κ2) is 7.01. The van der Waals surface area contributed by atoms with E-state index in [1.54, 1.807) is 30.6 Å². The molecular weight excluding hydrogens is 286 g/mol. The van der Waals surface area contributed by atoms with Crippen LogP contribution in [-0.4, -0.2) is 18.9 Å². The van der Waals surface area contributed by atoms with E-state index in [1.807, 2.05) is 12.1 Å². The van der Waals surface area contributed by atoms with Crippen LogP contribution in [-0.2, 0) is 13.1 Å². The Hall–Kier alpha value is -2.18. The van der Waals surface area contributed by atoms with Gasteiger partial charge >= 0.3 is 0 Å². The first kappa shape index (κ1) is 15.2. The Labute approximate surface area is 127 Å². The third-order valence-electron chi connectivity index (χ3n) is 3.01. The largest absolute Gasteiger partial charge is 0.366 e. The molecule has 0 aliphatic rings. The smallest absolute Gasteiger partial charge is 0.251 e. The van der Waals surface area contributed by atoms with Crippen molar-refractivity contribution in [2.75, 3.05) is 7.05 Å². The van der Waals surface area contributed by atoms with Crippen molar-refractivity contribution in [2.45, 2.75) is 13.1 Å². The van der Waals surface area contributed by atoms with Crippen molar-refractivity contribution in [3.8, 4) is 0 Å². The van der Waals surface area contributed by atoms with Gasteiger partial charge in [0.1, 0.15) is 0 Å². The predicted molar refractivity (Wildman–Crippen MR) is 83.2 cm³/mol. The van der Waals surface area contributed by atoms with Gasteiger partial charge in [-0.1, -0.05) is 12.1 Å². The molecule has 0 aliphatic heterocycles. The van der Waals surface area contributed by atoms with E-state index >= 15 is 0 Å². The average Bonchev–Trinajstić information content (AvgIpc) is 2.96. The number of primary amides is 1. The van der Waals surface area contributed by atoms with Gasteiger partial charge in [0.25, 0.3) is 5.91 Å². The molecule has 0 radical (unpaired) electrons. The molecule has 6 heteroatoms. The first-order chi connectivity index (χ1) is 10.1.